The van der Waals surface area contributed by atoms with Gasteiger partial charge in [0.1, 0.15) is 0 Å². The lowest BCUT2D eigenvalue weighted by atomic mass is 9.87. The third-order valence-corrected chi connectivity index (χ3v) is 3.67. The molecule has 1 unspecified atom stereocenters. The van der Waals surface area contributed by atoms with E-state index in [-0.39, 0.29) is 11.2 Å². The van der Waals surface area contributed by atoms with Crippen LogP contribution in [0.25, 0.3) is 0 Å². The molecule has 3 nitrogen and oxygen atoms in total. The van der Waals surface area contributed by atoms with Crippen LogP contribution in [0.15, 0.2) is 30.3 Å². The van der Waals surface area contributed by atoms with Gasteiger partial charge in [-0.25, -0.2) is 0 Å². The summed E-state index contributed by atoms with van der Waals surface area (Å²) in [5, 5.41) is 3.29. The van der Waals surface area contributed by atoms with Crippen LogP contribution >= 0.6 is 0 Å². The van der Waals surface area contributed by atoms with Crippen molar-refractivity contribution in [2.75, 3.05) is 19.6 Å². The van der Waals surface area contributed by atoms with Gasteiger partial charge in [0.2, 0.25) is 0 Å². The highest BCUT2D eigenvalue weighted by molar-refractivity contribution is 5.82. The van der Waals surface area contributed by atoms with Crippen LogP contribution in [0.4, 0.5) is 0 Å². The fraction of sp³-hybridized carbons (Fsp3) is 0.588. The lowest BCUT2D eigenvalue weighted by molar-refractivity contribution is -0.119. The second-order valence-electron chi connectivity index (χ2n) is 6.98. The van der Waals surface area contributed by atoms with Gasteiger partial charge in [-0.3, -0.25) is 9.69 Å². The molecule has 1 saturated heterocycles. The monoisotopic (exact) mass is 274 g/mol. The van der Waals surface area contributed by atoms with Crippen molar-refractivity contribution in [1.82, 2.24) is 10.2 Å². The number of nitrogens with zero attached hydrogens (tertiary/aromatic N) is 1. The molecule has 0 bridgehead atoms. The molecule has 0 aliphatic carbocycles. The first-order chi connectivity index (χ1) is 9.44. The van der Waals surface area contributed by atoms with Crippen molar-refractivity contribution in [2.24, 2.45) is 5.41 Å². The van der Waals surface area contributed by atoms with Crippen LogP contribution in [-0.4, -0.2) is 36.4 Å². The summed E-state index contributed by atoms with van der Waals surface area (Å²) < 4.78 is 0. The Bertz CT molecular complexity index is 436. The Kier molecular flexibility index (Phi) is 4.95. The normalized spacial score (nSPS) is 21.8. The van der Waals surface area contributed by atoms with Crippen molar-refractivity contribution < 1.29 is 4.79 Å². The molecule has 0 spiro atoms. The summed E-state index contributed by atoms with van der Waals surface area (Å²) >= 11 is 0. The van der Waals surface area contributed by atoms with Gasteiger partial charge in [-0.2, -0.15) is 0 Å². The van der Waals surface area contributed by atoms with E-state index < -0.39 is 0 Å². The molecule has 3 heteroatoms. The molecule has 0 aromatic heterocycles. The summed E-state index contributed by atoms with van der Waals surface area (Å²) in [5.74, 6) is 0.289. The van der Waals surface area contributed by atoms with E-state index in [0.717, 1.165) is 19.5 Å². The number of carbonyl (C=O) groups is 1. The van der Waals surface area contributed by atoms with Crippen molar-refractivity contribution in [2.45, 2.75) is 39.8 Å². The quantitative estimate of drug-likeness (QED) is 0.919. The minimum absolute atomic E-state index is 0.272. The molecule has 0 amide bonds. The number of rotatable bonds is 3. The Morgan fingerprint density at radius 2 is 1.95 bits per heavy atom. The molecule has 1 aliphatic rings. The zero-order chi connectivity index (χ0) is 14.6. The van der Waals surface area contributed by atoms with E-state index in [1.54, 1.807) is 0 Å². The number of hydrogen-bond donors (Lipinski definition) is 1. The first kappa shape index (κ1) is 15.2. The minimum atomic E-state index is 0.272. The number of hydrogen-bond acceptors (Lipinski definition) is 3. The molecule has 1 heterocycles. The van der Waals surface area contributed by atoms with Crippen molar-refractivity contribution >= 4 is 5.78 Å². The molecule has 20 heavy (non-hydrogen) atoms. The van der Waals surface area contributed by atoms with Crippen LogP contribution in [0.3, 0.4) is 0 Å². The summed E-state index contributed by atoms with van der Waals surface area (Å²) in [4.78, 5) is 14.2. The van der Waals surface area contributed by atoms with Crippen molar-refractivity contribution in [3.63, 3.8) is 0 Å². The fourth-order valence-corrected chi connectivity index (χ4v) is 2.83. The van der Waals surface area contributed by atoms with Crippen LogP contribution in [0.1, 0.15) is 32.8 Å². The maximum Gasteiger partial charge on any atom is 0.160 e. The van der Waals surface area contributed by atoms with Crippen LogP contribution < -0.4 is 5.32 Å². The van der Waals surface area contributed by atoms with E-state index in [2.05, 4.69) is 55.3 Å². The second kappa shape index (κ2) is 6.51. The van der Waals surface area contributed by atoms with Gasteiger partial charge in [0, 0.05) is 19.1 Å². The largest absolute Gasteiger partial charge is 0.308 e. The lowest BCUT2D eigenvalue weighted by Crippen LogP contribution is -2.42. The van der Waals surface area contributed by atoms with Crippen LogP contribution in [-0.2, 0) is 11.3 Å². The number of nitrogens with one attached hydrogen (secondary N) is 1. The van der Waals surface area contributed by atoms with E-state index in [1.807, 2.05) is 6.07 Å². The summed E-state index contributed by atoms with van der Waals surface area (Å²) in [6.45, 7) is 9.61. The maximum atomic E-state index is 11.9. The molecule has 1 atom stereocenters. The number of Topliss-reactive ketones (excluding diaryl/α,β-unsaturated/α-hetero) is 1. The van der Waals surface area contributed by atoms with Crippen molar-refractivity contribution in [3.05, 3.63) is 35.9 Å². The highest BCUT2D eigenvalue weighted by atomic mass is 16.1. The Morgan fingerprint density at radius 1 is 1.25 bits per heavy atom. The van der Waals surface area contributed by atoms with E-state index >= 15 is 0 Å². The smallest absolute Gasteiger partial charge is 0.160 e. The maximum absolute atomic E-state index is 11.9. The fourth-order valence-electron chi connectivity index (χ4n) is 2.83. The lowest BCUT2D eigenvalue weighted by Gasteiger charge is -2.34. The van der Waals surface area contributed by atoms with Gasteiger partial charge in [0.15, 0.2) is 5.78 Å². The number of ketones is 1. The second-order valence-corrected chi connectivity index (χ2v) is 6.98. The minimum Gasteiger partial charge on any atom is -0.308 e. The van der Waals surface area contributed by atoms with Gasteiger partial charge >= 0.3 is 0 Å². The third kappa shape index (κ3) is 4.73. The summed E-state index contributed by atoms with van der Waals surface area (Å²) in [5.41, 5.74) is 1.55. The molecule has 1 aromatic carbocycles. The number of benzene rings is 1. The molecule has 0 radical (unpaired) electrons. The van der Waals surface area contributed by atoms with E-state index in [0.29, 0.717) is 19.1 Å². The summed E-state index contributed by atoms with van der Waals surface area (Å²) in [6, 6.07) is 10.8. The van der Waals surface area contributed by atoms with Gasteiger partial charge in [-0.05, 0) is 17.4 Å². The Labute approximate surface area is 122 Å². The third-order valence-electron chi connectivity index (χ3n) is 3.67. The average molecular weight is 274 g/mol. The van der Waals surface area contributed by atoms with E-state index in [9.17, 15) is 4.79 Å². The van der Waals surface area contributed by atoms with Gasteiger partial charge in [0.05, 0.1) is 13.1 Å². The van der Waals surface area contributed by atoms with Gasteiger partial charge < -0.3 is 5.32 Å². The molecule has 1 aliphatic heterocycles. The van der Waals surface area contributed by atoms with Gasteiger partial charge in [-0.15, -0.1) is 0 Å². The molecule has 1 aromatic rings. The van der Waals surface area contributed by atoms with Crippen LogP contribution in [0.5, 0.6) is 0 Å². The molecular weight excluding hydrogens is 248 g/mol. The zero-order valence-corrected chi connectivity index (χ0v) is 12.9. The molecule has 1 N–H and O–H groups in total. The molecular formula is C17H26N2O. The molecule has 1 fully saturated rings. The molecule has 110 valence electrons. The van der Waals surface area contributed by atoms with Crippen molar-refractivity contribution in [3.8, 4) is 0 Å². The van der Waals surface area contributed by atoms with E-state index in [1.165, 1.54) is 5.56 Å². The first-order valence-electron chi connectivity index (χ1n) is 7.44. The summed E-state index contributed by atoms with van der Waals surface area (Å²) in [7, 11) is 0. The average Bonchev–Trinajstić information content (AvgIpc) is 2.51. The van der Waals surface area contributed by atoms with Crippen LogP contribution in [0, 0.1) is 5.41 Å². The Morgan fingerprint density at radius 3 is 2.60 bits per heavy atom. The molecule has 2 rings (SSSR count). The highest BCUT2D eigenvalue weighted by Gasteiger charge is 2.28. The number of carbonyl (C=O) groups excluding carboxylic acids is 1. The Hall–Kier alpha value is -1.19. The summed E-state index contributed by atoms with van der Waals surface area (Å²) in [6.07, 6.45) is 1.10. The zero-order valence-electron chi connectivity index (χ0n) is 12.9. The molecule has 0 saturated carbocycles. The Balaban J connectivity index is 2.11. The van der Waals surface area contributed by atoms with E-state index in [4.69, 9.17) is 0 Å². The SMILES string of the molecule is CC(C)(C)CC1CNCC(=O)CN1Cc1ccccc1. The van der Waals surface area contributed by atoms with Gasteiger partial charge in [-0.1, -0.05) is 51.1 Å². The topological polar surface area (TPSA) is 32.3 Å². The van der Waals surface area contributed by atoms with Crippen molar-refractivity contribution in [1.29, 1.82) is 0 Å². The van der Waals surface area contributed by atoms with Crippen LogP contribution in [0.2, 0.25) is 0 Å². The predicted octanol–water partition coefficient (Wildman–Crippen LogP) is 2.47. The standard InChI is InChI=1S/C17H26N2O/c1-17(2,3)9-15-10-18-11-16(20)13-19(15)12-14-7-5-4-6-8-14/h4-8,15,18H,9-13H2,1-3H3. The van der Waals surface area contributed by atoms with Gasteiger partial charge in [0.25, 0.3) is 0 Å². The first-order valence-corrected chi connectivity index (χ1v) is 7.44. The predicted molar refractivity (Wildman–Crippen MR) is 82.6 cm³/mol. The highest BCUT2D eigenvalue weighted by Crippen LogP contribution is 2.25.